The lowest BCUT2D eigenvalue weighted by atomic mass is 9.83. The van der Waals surface area contributed by atoms with Crippen molar-refractivity contribution < 1.29 is 5.11 Å². The van der Waals surface area contributed by atoms with Crippen molar-refractivity contribution in [2.45, 2.75) is 39.0 Å². The summed E-state index contributed by atoms with van der Waals surface area (Å²) in [5.74, 6) is 0. The van der Waals surface area contributed by atoms with E-state index in [-0.39, 0.29) is 5.41 Å². The van der Waals surface area contributed by atoms with Gasteiger partial charge in [-0.2, -0.15) is 0 Å². The maximum absolute atomic E-state index is 9.47. The fourth-order valence-corrected chi connectivity index (χ4v) is 3.34. The van der Waals surface area contributed by atoms with Gasteiger partial charge in [-0.15, -0.1) is 11.3 Å². The molecule has 0 spiro atoms. The minimum Gasteiger partial charge on any atom is -0.396 e. The molecule has 78 valence electrons. The van der Waals surface area contributed by atoms with Crippen molar-refractivity contribution in [3.8, 4) is 0 Å². The molecule has 1 aromatic rings. The minimum atomic E-state index is 0.180. The van der Waals surface area contributed by atoms with E-state index < -0.39 is 0 Å². The minimum absolute atomic E-state index is 0.180. The Morgan fingerprint density at radius 2 is 2.21 bits per heavy atom. The first-order valence-corrected chi connectivity index (χ1v) is 6.08. The molecular formula is C11H17NOS. The van der Waals surface area contributed by atoms with Crippen LogP contribution >= 0.6 is 11.3 Å². The van der Waals surface area contributed by atoms with Crippen LogP contribution in [-0.4, -0.2) is 16.7 Å². The largest absolute Gasteiger partial charge is 0.396 e. The summed E-state index contributed by atoms with van der Waals surface area (Å²) >= 11 is 1.77. The number of hydrogen-bond acceptors (Lipinski definition) is 3. The van der Waals surface area contributed by atoms with E-state index in [1.54, 1.807) is 11.3 Å². The summed E-state index contributed by atoms with van der Waals surface area (Å²) in [6.45, 7) is 2.37. The number of nitrogens with zero attached hydrogens (tertiary/aromatic N) is 1. The van der Waals surface area contributed by atoms with Crippen molar-refractivity contribution in [2.24, 2.45) is 5.41 Å². The summed E-state index contributed by atoms with van der Waals surface area (Å²) in [4.78, 5) is 5.59. The molecule has 0 atom stereocenters. The van der Waals surface area contributed by atoms with Crippen LogP contribution in [0.15, 0.2) is 6.20 Å². The summed E-state index contributed by atoms with van der Waals surface area (Å²) in [5, 5.41) is 10.6. The Hall–Kier alpha value is -0.410. The molecule has 2 rings (SSSR count). The molecule has 1 saturated carbocycles. The Morgan fingerprint density at radius 1 is 1.50 bits per heavy atom. The van der Waals surface area contributed by atoms with Gasteiger partial charge >= 0.3 is 0 Å². The van der Waals surface area contributed by atoms with Gasteiger partial charge in [0.1, 0.15) is 0 Å². The fraction of sp³-hybridized carbons (Fsp3) is 0.727. The molecule has 0 amide bonds. The molecule has 0 aliphatic heterocycles. The molecule has 1 aliphatic carbocycles. The van der Waals surface area contributed by atoms with Gasteiger partial charge in [0.25, 0.3) is 0 Å². The Bertz CT molecular complexity index is 302. The number of rotatable bonds is 3. The number of aliphatic hydroxyl groups excluding tert-OH is 1. The Labute approximate surface area is 89.0 Å². The van der Waals surface area contributed by atoms with Crippen molar-refractivity contribution in [3.63, 3.8) is 0 Å². The molecule has 1 fully saturated rings. The average Bonchev–Trinajstić information content (AvgIpc) is 2.77. The first-order chi connectivity index (χ1) is 6.74. The second-order valence-electron chi connectivity index (χ2n) is 4.39. The topological polar surface area (TPSA) is 33.1 Å². The molecule has 0 unspecified atom stereocenters. The predicted octanol–water partition coefficient (Wildman–Crippen LogP) is 2.55. The smallest absolute Gasteiger partial charge is 0.0896 e. The van der Waals surface area contributed by atoms with Crippen LogP contribution in [0, 0.1) is 12.3 Å². The monoisotopic (exact) mass is 211 g/mol. The lowest BCUT2D eigenvalue weighted by Gasteiger charge is -2.25. The molecule has 1 heterocycles. The van der Waals surface area contributed by atoms with Crippen molar-refractivity contribution in [3.05, 3.63) is 16.1 Å². The second kappa shape index (κ2) is 3.99. The van der Waals surface area contributed by atoms with Gasteiger partial charge in [-0.25, -0.2) is 4.98 Å². The van der Waals surface area contributed by atoms with Gasteiger partial charge in [-0.3, -0.25) is 0 Å². The van der Waals surface area contributed by atoms with Crippen LogP contribution in [0.1, 0.15) is 35.6 Å². The van der Waals surface area contributed by atoms with Gasteiger partial charge in [0.2, 0.25) is 0 Å². The van der Waals surface area contributed by atoms with Crippen molar-refractivity contribution in [2.75, 3.05) is 6.61 Å². The zero-order valence-electron chi connectivity index (χ0n) is 8.62. The van der Waals surface area contributed by atoms with E-state index in [4.69, 9.17) is 0 Å². The first kappa shape index (κ1) is 10.1. The average molecular weight is 211 g/mol. The van der Waals surface area contributed by atoms with Gasteiger partial charge < -0.3 is 5.11 Å². The summed E-state index contributed by atoms with van der Waals surface area (Å²) < 4.78 is 0. The highest BCUT2D eigenvalue weighted by Gasteiger charge is 2.33. The van der Waals surface area contributed by atoms with Crippen LogP contribution in [0.4, 0.5) is 0 Å². The number of hydrogen-bond donors (Lipinski definition) is 1. The van der Waals surface area contributed by atoms with E-state index >= 15 is 0 Å². The van der Waals surface area contributed by atoms with Gasteiger partial charge in [0, 0.05) is 17.7 Å². The first-order valence-electron chi connectivity index (χ1n) is 5.26. The van der Waals surface area contributed by atoms with E-state index in [9.17, 15) is 5.11 Å². The Balaban J connectivity index is 2.08. The predicted molar refractivity (Wildman–Crippen MR) is 58.5 cm³/mol. The van der Waals surface area contributed by atoms with Gasteiger partial charge in [0.15, 0.2) is 0 Å². The number of aromatic nitrogens is 1. The SMILES string of the molecule is Cc1ncc(CC2(CO)CCCC2)s1. The van der Waals surface area contributed by atoms with Crippen LogP contribution in [0.5, 0.6) is 0 Å². The maximum Gasteiger partial charge on any atom is 0.0896 e. The van der Waals surface area contributed by atoms with Crippen molar-refractivity contribution >= 4 is 11.3 Å². The zero-order valence-corrected chi connectivity index (χ0v) is 9.44. The number of aliphatic hydroxyl groups is 1. The van der Waals surface area contributed by atoms with E-state index in [0.717, 1.165) is 11.4 Å². The highest BCUT2D eigenvalue weighted by molar-refractivity contribution is 7.11. The Morgan fingerprint density at radius 3 is 2.71 bits per heavy atom. The third-order valence-electron chi connectivity index (χ3n) is 3.22. The molecule has 1 aromatic heterocycles. The van der Waals surface area contributed by atoms with Crippen LogP contribution in [-0.2, 0) is 6.42 Å². The fourth-order valence-electron chi connectivity index (χ4n) is 2.37. The summed E-state index contributed by atoms with van der Waals surface area (Å²) in [7, 11) is 0. The highest BCUT2D eigenvalue weighted by Crippen LogP contribution is 2.41. The highest BCUT2D eigenvalue weighted by atomic mass is 32.1. The van der Waals surface area contributed by atoms with Crippen LogP contribution < -0.4 is 0 Å². The molecule has 2 nitrogen and oxygen atoms in total. The van der Waals surface area contributed by atoms with Crippen LogP contribution in [0.2, 0.25) is 0 Å². The molecule has 1 aliphatic rings. The van der Waals surface area contributed by atoms with E-state index in [1.165, 1.54) is 30.6 Å². The summed E-state index contributed by atoms with van der Waals surface area (Å²) in [6.07, 6.45) is 7.91. The molecule has 0 saturated heterocycles. The molecular weight excluding hydrogens is 194 g/mol. The number of aryl methyl sites for hydroxylation is 1. The van der Waals surface area contributed by atoms with E-state index in [1.807, 2.05) is 13.1 Å². The number of thiazole rings is 1. The molecule has 0 bridgehead atoms. The summed E-state index contributed by atoms with van der Waals surface area (Å²) in [6, 6.07) is 0. The normalized spacial score (nSPS) is 20.1. The van der Waals surface area contributed by atoms with Crippen molar-refractivity contribution in [1.29, 1.82) is 0 Å². The third-order valence-corrected chi connectivity index (χ3v) is 4.13. The quantitative estimate of drug-likeness (QED) is 0.833. The van der Waals surface area contributed by atoms with Crippen LogP contribution in [0.3, 0.4) is 0 Å². The molecule has 0 radical (unpaired) electrons. The standard InChI is InChI=1S/C11H17NOS/c1-9-12-7-10(14-9)6-11(8-13)4-2-3-5-11/h7,13H,2-6,8H2,1H3. The molecule has 1 N–H and O–H groups in total. The molecule has 0 aromatic carbocycles. The molecule has 3 heteroatoms. The van der Waals surface area contributed by atoms with Crippen molar-refractivity contribution in [1.82, 2.24) is 4.98 Å². The third kappa shape index (κ3) is 1.98. The lowest BCUT2D eigenvalue weighted by Crippen LogP contribution is -2.23. The maximum atomic E-state index is 9.47. The zero-order chi connectivity index (χ0) is 10.0. The van der Waals surface area contributed by atoms with Gasteiger partial charge in [-0.05, 0) is 31.6 Å². The summed E-state index contributed by atoms with van der Waals surface area (Å²) in [5.41, 5.74) is 0.180. The van der Waals surface area contributed by atoms with Gasteiger partial charge in [0.05, 0.1) is 5.01 Å². The lowest BCUT2D eigenvalue weighted by molar-refractivity contribution is 0.131. The molecule has 14 heavy (non-hydrogen) atoms. The van der Waals surface area contributed by atoms with Gasteiger partial charge in [-0.1, -0.05) is 12.8 Å². The van der Waals surface area contributed by atoms with Crippen LogP contribution in [0.25, 0.3) is 0 Å². The van der Waals surface area contributed by atoms with E-state index in [0.29, 0.717) is 6.61 Å². The Kier molecular flexibility index (Phi) is 2.88. The second-order valence-corrected chi connectivity index (χ2v) is 5.71. The van der Waals surface area contributed by atoms with E-state index in [2.05, 4.69) is 4.98 Å².